The van der Waals surface area contributed by atoms with Crippen molar-refractivity contribution in [2.75, 3.05) is 7.11 Å². The van der Waals surface area contributed by atoms with E-state index in [9.17, 15) is 20.1 Å². The summed E-state index contributed by atoms with van der Waals surface area (Å²) in [5, 5.41) is 28.7. The number of hydrogen-bond donors (Lipinski definition) is 3. The maximum atomic E-state index is 12.3. The maximum Gasteiger partial charge on any atom is 0.170 e. The number of Topliss-reactive ketones (excluding diaryl/α,β-unsaturated/α-hetero) is 1. The number of rotatable bonds is 5. The third kappa shape index (κ3) is 3.83. The van der Waals surface area contributed by atoms with Crippen LogP contribution in [0.1, 0.15) is 25.7 Å². The first-order chi connectivity index (χ1) is 10.0. The van der Waals surface area contributed by atoms with Gasteiger partial charge in [-0.15, -0.1) is 0 Å². The molecule has 0 fully saturated rings. The first-order valence-corrected chi connectivity index (χ1v) is 6.96. The average Bonchev–Trinajstić information content (AvgIpc) is 2.45. The van der Waals surface area contributed by atoms with Gasteiger partial charge in [0.15, 0.2) is 5.78 Å². The molecule has 0 saturated heterocycles. The molecule has 5 heteroatoms. The van der Waals surface area contributed by atoms with Crippen LogP contribution in [0.3, 0.4) is 0 Å². The molecular formula is C16H20O5. The minimum Gasteiger partial charge on any atom is -0.507 e. The third-order valence-corrected chi connectivity index (χ3v) is 3.60. The Morgan fingerprint density at radius 3 is 2.76 bits per heavy atom. The molecule has 2 rings (SSSR count). The van der Waals surface area contributed by atoms with E-state index in [0.29, 0.717) is 18.6 Å². The van der Waals surface area contributed by atoms with Crippen LogP contribution in [0.2, 0.25) is 0 Å². The van der Waals surface area contributed by atoms with E-state index in [-0.39, 0.29) is 30.0 Å². The maximum absolute atomic E-state index is 12.3. The van der Waals surface area contributed by atoms with E-state index in [0.717, 1.165) is 5.57 Å². The predicted molar refractivity (Wildman–Crippen MR) is 77.5 cm³/mol. The van der Waals surface area contributed by atoms with E-state index < -0.39 is 12.2 Å². The molecule has 2 unspecified atom stereocenters. The fraction of sp³-hybridized carbons (Fsp3) is 0.438. The zero-order valence-corrected chi connectivity index (χ0v) is 12.0. The standard InChI is InChI=1S/C16H20O5/c1-21-15-9-12(18)8-14(20)16(15)13(19)7-4-10-2-5-11(17)6-3-10/h2-3,5,8,11-12,17-18,20H,4,6-7,9H2,1H3. The van der Waals surface area contributed by atoms with E-state index in [1.54, 1.807) is 6.08 Å². The number of methoxy groups -OCH3 is 1. The number of carbonyl (C=O) groups is 1. The summed E-state index contributed by atoms with van der Waals surface area (Å²) in [6, 6.07) is 0. The molecule has 2 aliphatic carbocycles. The van der Waals surface area contributed by atoms with Crippen LogP contribution in [-0.2, 0) is 9.53 Å². The molecule has 3 N–H and O–H groups in total. The molecule has 0 aromatic carbocycles. The lowest BCUT2D eigenvalue weighted by molar-refractivity contribution is -0.115. The number of allylic oxidation sites excluding steroid dienone is 3. The Labute approximate surface area is 123 Å². The van der Waals surface area contributed by atoms with Crippen molar-refractivity contribution in [1.82, 2.24) is 0 Å². The number of aliphatic hydroxyl groups is 3. The second kappa shape index (κ2) is 6.74. The van der Waals surface area contributed by atoms with Crippen molar-refractivity contribution in [3.8, 4) is 0 Å². The van der Waals surface area contributed by atoms with Crippen LogP contribution < -0.4 is 0 Å². The average molecular weight is 292 g/mol. The van der Waals surface area contributed by atoms with Crippen LogP contribution in [-0.4, -0.2) is 40.4 Å². The molecule has 0 saturated carbocycles. The molecule has 0 spiro atoms. The molecule has 0 heterocycles. The number of hydrogen-bond acceptors (Lipinski definition) is 5. The molecule has 0 radical (unpaired) electrons. The molecular weight excluding hydrogens is 272 g/mol. The van der Waals surface area contributed by atoms with E-state index in [4.69, 9.17) is 4.74 Å². The first-order valence-electron chi connectivity index (χ1n) is 6.96. The van der Waals surface area contributed by atoms with E-state index in [2.05, 4.69) is 0 Å². The van der Waals surface area contributed by atoms with Crippen molar-refractivity contribution in [2.24, 2.45) is 0 Å². The predicted octanol–water partition coefficient (Wildman–Crippen LogP) is 1.69. The summed E-state index contributed by atoms with van der Waals surface area (Å²) in [5.74, 6) is -0.122. The van der Waals surface area contributed by atoms with Gasteiger partial charge in [0.25, 0.3) is 0 Å². The second-order valence-electron chi connectivity index (χ2n) is 5.19. The van der Waals surface area contributed by atoms with Gasteiger partial charge in [0, 0.05) is 12.8 Å². The van der Waals surface area contributed by atoms with Gasteiger partial charge in [-0.05, 0) is 18.9 Å². The van der Waals surface area contributed by atoms with Gasteiger partial charge >= 0.3 is 0 Å². The minimum atomic E-state index is -0.832. The zero-order chi connectivity index (χ0) is 15.4. The highest BCUT2D eigenvalue weighted by Crippen LogP contribution is 2.27. The fourth-order valence-corrected chi connectivity index (χ4v) is 2.46. The molecule has 0 amide bonds. The van der Waals surface area contributed by atoms with E-state index in [1.165, 1.54) is 13.2 Å². The minimum absolute atomic E-state index is 0.156. The lowest BCUT2D eigenvalue weighted by Gasteiger charge is -2.20. The zero-order valence-electron chi connectivity index (χ0n) is 12.0. The summed E-state index contributed by atoms with van der Waals surface area (Å²) in [4.78, 5) is 12.3. The quantitative estimate of drug-likeness (QED) is 0.718. The highest BCUT2D eigenvalue weighted by molar-refractivity contribution is 5.99. The number of aliphatic hydroxyl groups excluding tert-OH is 3. The summed E-state index contributed by atoms with van der Waals surface area (Å²) < 4.78 is 5.11. The van der Waals surface area contributed by atoms with Gasteiger partial charge in [-0.25, -0.2) is 0 Å². The van der Waals surface area contributed by atoms with Crippen LogP contribution >= 0.6 is 0 Å². The summed E-state index contributed by atoms with van der Waals surface area (Å²) in [6.07, 6.45) is 6.93. The molecule has 0 bridgehead atoms. The molecule has 2 aliphatic rings. The topological polar surface area (TPSA) is 87.0 Å². The van der Waals surface area contributed by atoms with Gasteiger partial charge in [-0.2, -0.15) is 0 Å². The molecule has 114 valence electrons. The lowest BCUT2D eigenvalue weighted by atomic mass is 9.93. The molecule has 21 heavy (non-hydrogen) atoms. The van der Waals surface area contributed by atoms with Gasteiger partial charge < -0.3 is 20.1 Å². The lowest BCUT2D eigenvalue weighted by Crippen LogP contribution is -2.19. The van der Waals surface area contributed by atoms with Gasteiger partial charge in [0.1, 0.15) is 11.5 Å². The van der Waals surface area contributed by atoms with Gasteiger partial charge in [-0.1, -0.05) is 23.8 Å². The van der Waals surface area contributed by atoms with E-state index >= 15 is 0 Å². The van der Waals surface area contributed by atoms with Crippen LogP contribution in [0.15, 0.2) is 47.0 Å². The van der Waals surface area contributed by atoms with Gasteiger partial charge in [0.05, 0.1) is 24.9 Å². The Kier molecular flexibility index (Phi) is 4.98. The molecule has 0 aromatic rings. The van der Waals surface area contributed by atoms with Crippen molar-refractivity contribution in [3.05, 3.63) is 47.0 Å². The third-order valence-electron chi connectivity index (χ3n) is 3.60. The summed E-state index contributed by atoms with van der Waals surface area (Å²) >= 11 is 0. The van der Waals surface area contributed by atoms with Crippen molar-refractivity contribution in [2.45, 2.75) is 37.9 Å². The summed E-state index contributed by atoms with van der Waals surface area (Å²) in [7, 11) is 1.42. The highest BCUT2D eigenvalue weighted by Gasteiger charge is 2.26. The Morgan fingerprint density at radius 2 is 2.14 bits per heavy atom. The van der Waals surface area contributed by atoms with E-state index in [1.807, 2.05) is 12.2 Å². The molecule has 0 aliphatic heterocycles. The number of ketones is 1. The largest absolute Gasteiger partial charge is 0.507 e. The monoisotopic (exact) mass is 292 g/mol. The first kappa shape index (κ1) is 15.5. The smallest absolute Gasteiger partial charge is 0.170 e. The Balaban J connectivity index is 2.03. The van der Waals surface area contributed by atoms with Crippen molar-refractivity contribution in [1.29, 1.82) is 0 Å². The Morgan fingerprint density at radius 1 is 1.38 bits per heavy atom. The van der Waals surface area contributed by atoms with Gasteiger partial charge in [-0.3, -0.25) is 4.79 Å². The molecule has 0 aromatic heterocycles. The van der Waals surface area contributed by atoms with Crippen LogP contribution in [0.5, 0.6) is 0 Å². The number of carbonyl (C=O) groups excluding carboxylic acids is 1. The number of ether oxygens (including phenoxy) is 1. The highest BCUT2D eigenvalue weighted by atomic mass is 16.5. The fourth-order valence-electron chi connectivity index (χ4n) is 2.46. The van der Waals surface area contributed by atoms with Crippen LogP contribution in [0.4, 0.5) is 0 Å². The van der Waals surface area contributed by atoms with Crippen LogP contribution in [0, 0.1) is 0 Å². The van der Waals surface area contributed by atoms with Crippen molar-refractivity contribution in [3.63, 3.8) is 0 Å². The second-order valence-corrected chi connectivity index (χ2v) is 5.19. The normalized spacial score (nSPS) is 25.5. The SMILES string of the molecule is COC1=C(C(=O)CCC2=CCC(O)C=C2)C(O)=CC(O)C1. The Hall–Kier alpha value is -1.85. The van der Waals surface area contributed by atoms with Crippen LogP contribution in [0.25, 0.3) is 0 Å². The molecule has 5 nitrogen and oxygen atoms in total. The summed E-state index contributed by atoms with van der Waals surface area (Å²) in [6.45, 7) is 0. The summed E-state index contributed by atoms with van der Waals surface area (Å²) in [5.41, 5.74) is 1.15. The molecule has 2 atom stereocenters. The van der Waals surface area contributed by atoms with Crippen molar-refractivity contribution >= 4 is 5.78 Å². The van der Waals surface area contributed by atoms with Crippen molar-refractivity contribution < 1.29 is 24.9 Å². The van der Waals surface area contributed by atoms with Gasteiger partial charge in [0.2, 0.25) is 0 Å². The Bertz CT molecular complexity index is 539.